The van der Waals surface area contributed by atoms with Crippen LogP contribution in [-0.4, -0.2) is 11.9 Å². The first-order valence-corrected chi connectivity index (χ1v) is 4.51. The average Bonchev–Trinajstić information content (AvgIpc) is 2.08. The van der Waals surface area contributed by atoms with Gasteiger partial charge in [-0.25, -0.2) is 0 Å². The van der Waals surface area contributed by atoms with Gasteiger partial charge in [0.15, 0.2) is 5.88 Å². The Hall–Kier alpha value is -1.09. The van der Waals surface area contributed by atoms with Gasteiger partial charge in [-0.05, 0) is 24.8 Å². The Morgan fingerprint density at radius 2 is 2.31 bits per heavy atom. The number of fused-ring (bicyclic) bond motifs is 1. The molecule has 0 spiro atoms. The molecule has 2 nitrogen and oxygen atoms in total. The highest BCUT2D eigenvalue weighted by Gasteiger charge is 2.16. The van der Waals surface area contributed by atoms with E-state index in [1.54, 1.807) is 0 Å². The van der Waals surface area contributed by atoms with Crippen LogP contribution in [0.1, 0.15) is 5.56 Å². The zero-order valence-corrected chi connectivity index (χ0v) is 8.34. The maximum Gasteiger partial charge on any atom is 0.188 e. The predicted molar refractivity (Wildman–Crippen MR) is 54.9 cm³/mol. The van der Waals surface area contributed by atoms with E-state index in [2.05, 4.69) is 19.2 Å². The zero-order valence-electron chi connectivity index (χ0n) is 7.45. The molecular formula is C10H11NOS. The minimum Gasteiger partial charge on any atom is -0.441 e. The number of nitrogens with zero attached hydrogens (tertiary/aromatic N) is 1. The van der Waals surface area contributed by atoms with Gasteiger partial charge in [0.25, 0.3) is 0 Å². The van der Waals surface area contributed by atoms with E-state index in [1.165, 1.54) is 0 Å². The van der Waals surface area contributed by atoms with E-state index in [0.717, 1.165) is 22.8 Å². The van der Waals surface area contributed by atoms with E-state index in [0.29, 0.717) is 5.88 Å². The third kappa shape index (κ3) is 1.52. The minimum atomic E-state index is 0.694. The molecule has 1 aromatic carbocycles. The second-order valence-electron chi connectivity index (χ2n) is 3.14. The Morgan fingerprint density at radius 3 is 3.08 bits per heavy atom. The Bertz CT molecular complexity index is 362. The van der Waals surface area contributed by atoms with Crippen LogP contribution in [0.5, 0.6) is 5.75 Å². The SMILES string of the molecule is C=C1Oc2ccc(S)cc2CN1C. The summed E-state index contributed by atoms with van der Waals surface area (Å²) < 4.78 is 5.50. The van der Waals surface area contributed by atoms with Gasteiger partial charge < -0.3 is 9.64 Å². The zero-order chi connectivity index (χ0) is 9.42. The quantitative estimate of drug-likeness (QED) is 0.635. The number of hydrogen-bond acceptors (Lipinski definition) is 3. The van der Waals surface area contributed by atoms with E-state index in [1.807, 2.05) is 30.1 Å². The monoisotopic (exact) mass is 193 g/mol. The number of benzene rings is 1. The Balaban J connectivity index is 2.42. The van der Waals surface area contributed by atoms with Gasteiger partial charge in [-0.2, -0.15) is 0 Å². The fourth-order valence-electron chi connectivity index (χ4n) is 1.34. The lowest BCUT2D eigenvalue weighted by molar-refractivity contribution is 0.215. The van der Waals surface area contributed by atoms with Crippen molar-refractivity contribution in [2.45, 2.75) is 11.4 Å². The first-order chi connectivity index (χ1) is 6.16. The molecule has 1 aliphatic rings. The van der Waals surface area contributed by atoms with Crippen LogP contribution in [0, 0.1) is 0 Å². The van der Waals surface area contributed by atoms with Gasteiger partial charge in [-0.3, -0.25) is 0 Å². The molecule has 0 bridgehead atoms. The highest BCUT2D eigenvalue weighted by molar-refractivity contribution is 7.80. The maximum absolute atomic E-state index is 5.50. The fourth-order valence-corrected chi connectivity index (χ4v) is 1.57. The van der Waals surface area contributed by atoms with Crippen molar-refractivity contribution in [3.63, 3.8) is 0 Å². The minimum absolute atomic E-state index is 0.694. The van der Waals surface area contributed by atoms with E-state index < -0.39 is 0 Å². The molecule has 0 fully saturated rings. The summed E-state index contributed by atoms with van der Waals surface area (Å²) in [6.45, 7) is 4.64. The van der Waals surface area contributed by atoms with Crippen LogP contribution in [0.25, 0.3) is 0 Å². The fraction of sp³-hybridized carbons (Fsp3) is 0.200. The molecule has 1 aliphatic heterocycles. The summed E-state index contributed by atoms with van der Waals surface area (Å²) in [4.78, 5) is 2.93. The lowest BCUT2D eigenvalue weighted by Crippen LogP contribution is -2.25. The van der Waals surface area contributed by atoms with Crippen LogP contribution in [0.2, 0.25) is 0 Å². The van der Waals surface area contributed by atoms with E-state index >= 15 is 0 Å². The third-order valence-corrected chi connectivity index (χ3v) is 2.38. The second kappa shape index (κ2) is 3.00. The molecule has 0 aliphatic carbocycles. The van der Waals surface area contributed by atoms with Crippen molar-refractivity contribution < 1.29 is 4.74 Å². The average molecular weight is 193 g/mol. The largest absolute Gasteiger partial charge is 0.441 e. The summed E-state index contributed by atoms with van der Waals surface area (Å²) in [5.41, 5.74) is 1.16. The summed E-state index contributed by atoms with van der Waals surface area (Å²) >= 11 is 4.27. The summed E-state index contributed by atoms with van der Waals surface area (Å²) in [7, 11) is 1.95. The first-order valence-electron chi connectivity index (χ1n) is 4.06. The molecule has 1 heterocycles. The molecular weight excluding hydrogens is 182 g/mol. The molecule has 0 unspecified atom stereocenters. The number of thiol groups is 1. The molecule has 2 rings (SSSR count). The van der Waals surface area contributed by atoms with Gasteiger partial charge in [0, 0.05) is 24.1 Å². The van der Waals surface area contributed by atoms with Gasteiger partial charge in [-0.15, -0.1) is 12.6 Å². The van der Waals surface area contributed by atoms with Crippen LogP contribution in [0.15, 0.2) is 35.6 Å². The number of hydrogen-bond donors (Lipinski definition) is 1. The van der Waals surface area contributed by atoms with Crippen LogP contribution in [0.3, 0.4) is 0 Å². The molecule has 0 aromatic heterocycles. The van der Waals surface area contributed by atoms with Crippen molar-refractivity contribution in [3.05, 3.63) is 36.2 Å². The molecule has 68 valence electrons. The lowest BCUT2D eigenvalue weighted by Gasteiger charge is -2.28. The second-order valence-corrected chi connectivity index (χ2v) is 3.66. The molecule has 0 atom stereocenters. The molecule has 3 heteroatoms. The number of ether oxygens (including phenoxy) is 1. The van der Waals surface area contributed by atoms with Crippen molar-refractivity contribution >= 4 is 12.6 Å². The van der Waals surface area contributed by atoms with Crippen LogP contribution < -0.4 is 4.74 Å². The van der Waals surface area contributed by atoms with Gasteiger partial charge >= 0.3 is 0 Å². The van der Waals surface area contributed by atoms with E-state index in [9.17, 15) is 0 Å². The van der Waals surface area contributed by atoms with Crippen molar-refractivity contribution in [2.75, 3.05) is 7.05 Å². The van der Waals surface area contributed by atoms with Crippen molar-refractivity contribution in [3.8, 4) is 5.75 Å². The van der Waals surface area contributed by atoms with Crippen LogP contribution in [0.4, 0.5) is 0 Å². The Labute approximate surface area is 83.2 Å². The topological polar surface area (TPSA) is 12.5 Å². The number of rotatable bonds is 0. The van der Waals surface area contributed by atoms with Gasteiger partial charge in [0.1, 0.15) is 5.75 Å². The summed E-state index contributed by atoms with van der Waals surface area (Å²) in [6.07, 6.45) is 0. The predicted octanol–water partition coefficient (Wildman–Crippen LogP) is 2.27. The maximum atomic E-state index is 5.50. The molecule has 0 radical (unpaired) electrons. The highest BCUT2D eigenvalue weighted by Crippen LogP contribution is 2.29. The summed E-state index contributed by atoms with van der Waals surface area (Å²) in [6, 6.07) is 5.86. The lowest BCUT2D eigenvalue weighted by atomic mass is 10.1. The molecule has 13 heavy (non-hydrogen) atoms. The standard InChI is InChI=1S/C10H11NOS/c1-7-11(2)6-8-5-9(13)3-4-10(8)12-7/h3-5,13H,1,6H2,2H3. The normalized spacial score (nSPS) is 15.2. The summed E-state index contributed by atoms with van der Waals surface area (Å²) in [5, 5.41) is 0. The van der Waals surface area contributed by atoms with Gasteiger partial charge in [0.05, 0.1) is 0 Å². The van der Waals surface area contributed by atoms with Crippen LogP contribution in [-0.2, 0) is 6.54 Å². The van der Waals surface area contributed by atoms with Gasteiger partial charge in [-0.1, -0.05) is 0 Å². The van der Waals surface area contributed by atoms with E-state index in [4.69, 9.17) is 4.74 Å². The molecule has 0 saturated heterocycles. The van der Waals surface area contributed by atoms with Gasteiger partial charge in [0.2, 0.25) is 0 Å². The van der Waals surface area contributed by atoms with E-state index in [-0.39, 0.29) is 0 Å². The molecule has 0 amide bonds. The first kappa shape index (κ1) is 8.51. The smallest absolute Gasteiger partial charge is 0.188 e. The van der Waals surface area contributed by atoms with Crippen molar-refractivity contribution in [1.29, 1.82) is 0 Å². The third-order valence-electron chi connectivity index (χ3n) is 2.11. The molecule has 0 saturated carbocycles. The summed E-state index contributed by atoms with van der Waals surface area (Å²) in [5.74, 6) is 1.58. The van der Waals surface area contributed by atoms with Crippen LogP contribution >= 0.6 is 12.6 Å². The van der Waals surface area contributed by atoms with Crippen molar-refractivity contribution in [2.24, 2.45) is 0 Å². The molecule has 0 N–H and O–H groups in total. The Morgan fingerprint density at radius 1 is 1.54 bits per heavy atom. The Kier molecular flexibility index (Phi) is 1.96. The highest BCUT2D eigenvalue weighted by atomic mass is 32.1. The molecule has 1 aromatic rings. The van der Waals surface area contributed by atoms with Crippen molar-refractivity contribution in [1.82, 2.24) is 4.90 Å².